The van der Waals surface area contributed by atoms with E-state index in [0.29, 0.717) is 23.0 Å². The second-order valence-electron chi connectivity index (χ2n) is 6.80. The number of hydrogen-bond acceptors (Lipinski definition) is 4. The molecule has 0 unspecified atom stereocenters. The van der Waals surface area contributed by atoms with Crippen molar-refractivity contribution in [3.63, 3.8) is 0 Å². The number of halogens is 1. The van der Waals surface area contributed by atoms with Gasteiger partial charge in [0.1, 0.15) is 11.5 Å². The Morgan fingerprint density at radius 3 is 3.08 bits per heavy atom. The van der Waals surface area contributed by atoms with E-state index in [1.165, 1.54) is 6.07 Å². The van der Waals surface area contributed by atoms with Crippen LogP contribution in [0.2, 0.25) is 0 Å². The topological polar surface area (TPSA) is 70.2 Å². The number of nitrogens with zero attached hydrogens (tertiary/aromatic N) is 2. The van der Waals surface area contributed by atoms with Gasteiger partial charge in [-0.05, 0) is 31.5 Å². The van der Waals surface area contributed by atoms with Crippen LogP contribution < -0.4 is 5.32 Å². The van der Waals surface area contributed by atoms with Gasteiger partial charge in [-0.15, -0.1) is 0 Å². The molecule has 2 aromatic rings. The molecule has 0 radical (unpaired) electrons. The lowest BCUT2D eigenvalue weighted by Crippen LogP contribution is -2.45. The summed E-state index contributed by atoms with van der Waals surface area (Å²) in [5.41, 5.74) is 1.14. The third kappa shape index (κ3) is 3.29. The molecule has 0 spiro atoms. The normalized spacial score (nSPS) is 26.4. The second-order valence-corrected chi connectivity index (χ2v) is 6.80. The van der Waals surface area contributed by atoms with Crippen LogP contribution in [-0.2, 0) is 4.74 Å². The number of morpholine rings is 1. The van der Waals surface area contributed by atoms with E-state index < -0.39 is 0 Å². The molecular weight excluding hydrogens is 323 g/mol. The molecule has 25 heavy (non-hydrogen) atoms. The summed E-state index contributed by atoms with van der Waals surface area (Å²) >= 11 is 0. The van der Waals surface area contributed by atoms with E-state index in [-0.39, 0.29) is 23.9 Å². The van der Waals surface area contributed by atoms with Crippen molar-refractivity contribution in [3.05, 3.63) is 41.8 Å². The molecule has 2 fully saturated rings. The summed E-state index contributed by atoms with van der Waals surface area (Å²) in [6.07, 6.45) is 1.12. The number of aromatic nitrogens is 2. The molecule has 4 rings (SSSR count). The molecule has 3 heterocycles. The molecule has 1 amide bonds. The van der Waals surface area contributed by atoms with Gasteiger partial charge in [0.15, 0.2) is 0 Å². The summed E-state index contributed by atoms with van der Waals surface area (Å²) in [7, 11) is 0. The van der Waals surface area contributed by atoms with Gasteiger partial charge in [-0.25, -0.2) is 4.39 Å². The number of amides is 1. The molecule has 0 saturated carbocycles. The van der Waals surface area contributed by atoms with Gasteiger partial charge in [-0.2, -0.15) is 5.10 Å². The number of carbonyl (C=O) groups is 1. The summed E-state index contributed by atoms with van der Waals surface area (Å²) in [4.78, 5) is 14.8. The Bertz CT molecular complexity index is 778. The highest BCUT2D eigenvalue weighted by atomic mass is 19.1. The van der Waals surface area contributed by atoms with Crippen LogP contribution in [0.3, 0.4) is 0 Å². The maximum atomic E-state index is 13.8. The van der Waals surface area contributed by atoms with Crippen LogP contribution >= 0.6 is 0 Å². The number of nitrogens with one attached hydrogen (secondary N) is 2. The molecular formula is C18H21FN4O2. The van der Waals surface area contributed by atoms with Crippen LogP contribution in [-0.4, -0.2) is 58.9 Å². The first kappa shape index (κ1) is 16.2. The summed E-state index contributed by atoms with van der Waals surface area (Å²) in [5.74, 6) is -0.573. The predicted octanol–water partition coefficient (Wildman–Crippen LogP) is 1.81. The third-order valence-corrected chi connectivity index (χ3v) is 4.90. The average molecular weight is 344 g/mol. The van der Waals surface area contributed by atoms with Crippen LogP contribution in [0.25, 0.3) is 11.3 Å². The first-order valence-corrected chi connectivity index (χ1v) is 8.57. The van der Waals surface area contributed by atoms with E-state index in [1.54, 1.807) is 24.3 Å². The van der Waals surface area contributed by atoms with Gasteiger partial charge in [0.25, 0.3) is 5.91 Å². The van der Waals surface area contributed by atoms with Gasteiger partial charge < -0.3 is 10.1 Å². The molecule has 2 N–H and O–H groups in total. The van der Waals surface area contributed by atoms with Crippen molar-refractivity contribution in [2.75, 3.05) is 19.7 Å². The van der Waals surface area contributed by atoms with Crippen molar-refractivity contribution in [1.29, 1.82) is 0 Å². The van der Waals surface area contributed by atoms with E-state index in [4.69, 9.17) is 4.74 Å². The zero-order valence-electron chi connectivity index (χ0n) is 14.0. The quantitative estimate of drug-likeness (QED) is 0.891. The largest absolute Gasteiger partial charge is 0.376 e. The maximum absolute atomic E-state index is 13.8. The molecule has 1 aromatic heterocycles. The Morgan fingerprint density at radius 1 is 1.40 bits per heavy atom. The molecule has 6 nitrogen and oxygen atoms in total. The fourth-order valence-corrected chi connectivity index (χ4v) is 3.65. The standard InChI is InChI=1S/C18H21FN4O2/c1-11-8-23-9-12(6-13(23)10-25-11)20-18(24)17-7-16(21-22-17)14-4-2-3-5-15(14)19/h2-5,7,11-13H,6,8-10H2,1H3,(H,20,24)(H,21,22)/t11-,12+,13-/m0/s1. The van der Waals surface area contributed by atoms with Crippen LogP contribution in [0.1, 0.15) is 23.8 Å². The van der Waals surface area contributed by atoms with Crippen molar-refractivity contribution >= 4 is 5.91 Å². The van der Waals surface area contributed by atoms with Crippen LogP contribution in [0.15, 0.2) is 30.3 Å². The minimum atomic E-state index is -0.359. The number of carbonyl (C=O) groups excluding carboxylic acids is 1. The minimum absolute atomic E-state index is 0.0895. The fraction of sp³-hybridized carbons (Fsp3) is 0.444. The summed E-state index contributed by atoms with van der Waals surface area (Å²) in [6, 6.07) is 8.43. The number of rotatable bonds is 3. The Balaban J connectivity index is 1.42. The van der Waals surface area contributed by atoms with Crippen molar-refractivity contribution in [2.24, 2.45) is 0 Å². The maximum Gasteiger partial charge on any atom is 0.269 e. The van der Waals surface area contributed by atoms with Crippen LogP contribution in [0.5, 0.6) is 0 Å². The zero-order chi connectivity index (χ0) is 17.4. The Hall–Kier alpha value is -2.25. The molecule has 2 aliphatic heterocycles. The number of benzene rings is 1. The third-order valence-electron chi connectivity index (χ3n) is 4.90. The van der Waals surface area contributed by atoms with Crippen molar-refractivity contribution < 1.29 is 13.9 Å². The molecule has 0 bridgehead atoms. The Morgan fingerprint density at radius 2 is 2.24 bits per heavy atom. The second kappa shape index (κ2) is 6.57. The lowest BCUT2D eigenvalue weighted by atomic mass is 10.1. The number of hydrogen-bond donors (Lipinski definition) is 2. The summed E-state index contributed by atoms with van der Waals surface area (Å²) in [5, 5.41) is 9.82. The average Bonchev–Trinajstić information content (AvgIpc) is 3.21. The molecule has 1 aromatic carbocycles. The predicted molar refractivity (Wildman–Crippen MR) is 90.6 cm³/mol. The van der Waals surface area contributed by atoms with E-state index in [9.17, 15) is 9.18 Å². The number of aromatic amines is 1. The molecule has 2 saturated heterocycles. The van der Waals surface area contributed by atoms with E-state index in [2.05, 4.69) is 27.3 Å². The summed E-state index contributed by atoms with van der Waals surface area (Å²) < 4.78 is 19.5. The summed E-state index contributed by atoms with van der Waals surface area (Å²) in [6.45, 7) is 4.52. The first-order chi connectivity index (χ1) is 12.1. The van der Waals surface area contributed by atoms with Gasteiger partial charge in [0.05, 0.1) is 18.4 Å². The highest BCUT2D eigenvalue weighted by Gasteiger charge is 2.36. The smallest absolute Gasteiger partial charge is 0.269 e. The Kier molecular flexibility index (Phi) is 4.27. The fourth-order valence-electron chi connectivity index (χ4n) is 3.65. The van der Waals surface area contributed by atoms with Gasteiger partial charge in [0.2, 0.25) is 0 Å². The van der Waals surface area contributed by atoms with Crippen molar-refractivity contribution in [3.8, 4) is 11.3 Å². The lowest BCUT2D eigenvalue weighted by Gasteiger charge is -2.33. The van der Waals surface area contributed by atoms with Crippen LogP contribution in [0, 0.1) is 5.82 Å². The van der Waals surface area contributed by atoms with Gasteiger partial charge in [-0.3, -0.25) is 14.8 Å². The van der Waals surface area contributed by atoms with Gasteiger partial charge >= 0.3 is 0 Å². The van der Waals surface area contributed by atoms with E-state index in [0.717, 1.165) is 26.1 Å². The SMILES string of the molecule is C[C@H]1CN2C[C@H](NC(=O)c3cc(-c4ccccc4F)n[nH]3)C[C@H]2CO1. The Labute approximate surface area is 145 Å². The zero-order valence-corrected chi connectivity index (χ0v) is 14.0. The minimum Gasteiger partial charge on any atom is -0.376 e. The molecule has 3 atom stereocenters. The van der Waals surface area contributed by atoms with Crippen molar-refractivity contribution in [2.45, 2.75) is 31.5 Å². The highest BCUT2D eigenvalue weighted by Crippen LogP contribution is 2.24. The molecule has 2 aliphatic rings. The van der Waals surface area contributed by atoms with Crippen LogP contribution in [0.4, 0.5) is 4.39 Å². The lowest BCUT2D eigenvalue weighted by molar-refractivity contribution is -0.0390. The number of H-pyrrole nitrogens is 1. The van der Waals surface area contributed by atoms with Gasteiger partial charge in [0, 0.05) is 30.7 Å². The highest BCUT2D eigenvalue weighted by molar-refractivity contribution is 5.93. The van der Waals surface area contributed by atoms with E-state index >= 15 is 0 Å². The number of ether oxygens (including phenoxy) is 1. The molecule has 7 heteroatoms. The monoisotopic (exact) mass is 344 g/mol. The van der Waals surface area contributed by atoms with E-state index in [1.807, 2.05) is 0 Å². The number of fused-ring (bicyclic) bond motifs is 1. The van der Waals surface area contributed by atoms with Gasteiger partial charge in [-0.1, -0.05) is 12.1 Å². The molecule has 132 valence electrons. The van der Waals surface area contributed by atoms with Crippen molar-refractivity contribution in [1.82, 2.24) is 20.4 Å². The first-order valence-electron chi connectivity index (χ1n) is 8.57. The molecule has 0 aliphatic carbocycles.